The van der Waals surface area contributed by atoms with Gasteiger partial charge in [-0.25, -0.2) is 13.1 Å². The average Bonchev–Trinajstić information content (AvgIpc) is 2.25. The van der Waals surface area contributed by atoms with Crippen LogP contribution in [0.3, 0.4) is 0 Å². The van der Waals surface area contributed by atoms with E-state index in [2.05, 4.69) is 21.9 Å². The number of sulfonamides is 1. The minimum atomic E-state index is -3.18. The lowest BCUT2D eigenvalue weighted by molar-refractivity contribution is -0.0255. The summed E-state index contributed by atoms with van der Waals surface area (Å²) >= 11 is 0. The van der Waals surface area contributed by atoms with Crippen molar-refractivity contribution in [1.29, 1.82) is 0 Å². The molecular weight excluding hydrogens is 266 g/mol. The van der Waals surface area contributed by atoms with Crippen LogP contribution in [0.5, 0.6) is 0 Å². The highest BCUT2D eigenvalue weighted by molar-refractivity contribution is 7.88. The Morgan fingerprint density at radius 1 is 1.42 bits per heavy atom. The lowest BCUT2D eigenvalue weighted by atomic mass is 10.1. The highest BCUT2D eigenvalue weighted by Gasteiger charge is 2.23. The molecule has 0 aromatic rings. The van der Waals surface area contributed by atoms with Crippen LogP contribution in [0, 0.1) is 0 Å². The Bertz CT molecular complexity index is 370. The first kappa shape index (κ1) is 16.8. The maximum Gasteiger partial charge on any atom is 0.209 e. The first-order valence-electron chi connectivity index (χ1n) is 6.75. The van der Waals surface area contributed by atoms with E-state index in [1.165, 1.54) is 6.26 Å². The van der Waals surface area contributed by atoms with Crippen LogP contribution in [-0.2, 0) is 14.8 Å². The maximum absolute atomic E-state index is 11.2. The Labute approximate surface area is 116 Å². The fourth-order valence-electron chi connectivity index (χ4n) is 2.27. The third kappa shape index (κ3) is 7.22. The molecule has 1 aliphatic rings. The summed E-state index contributed by atoms with van der Waals surface area (Å²) in [7, 11) is -3.18. The predicted molar refractivity (Wildman–Crippen MR) is 76.8 cm³/mol. The summed E-state index contributed by atoms with van der Waals surface area (Å²) in [4.78, 5) is 2.36. The zero-order chi connectivity index (χ0) is 14.5. The molecule has 7 heteroatoms. The van der Waals surface area contributed by atoms with Gasteiger partial charge in [-0.1, -0.05) is 6.92 Å². The number of nitrogens with one attached hydrogen (secondary N) is 2. The van der Waals surface area contributed by atoms with Crippen molar-refractivity contribution in [3.8, 4) is 0 Å². The molecule has 1 rings (SSSR count). The maximum atomic E-state index is 11.2. The standard InChI is InChI=1S/C12H27N3O3S/c1-5-15-6-7-18-11(9-15)8-13-10-12(2,3)14-19(4,16)17/h11,13-14H,5-10H2,1-4H3. The van der Waals surface area contributed by atoms with E-state index in [9.17, 15) is 8.42 Å². The summed E-state index contributed by atoms with van der Waals surface area (Å²) in [5, 5.41) is 3.28. The van der Waals surface area contributed by atoms with Crippen LogP contribution in [0.1, 0.15) is 20.8 Å². The van der Waals surface area contributed by atoms with Crippen LogP contribution >= 0.6 is 0 Å². The Morgan fingerprint density at radius 3 is 2.68 bits per heavy atom. The topological polar surface area (TPSA) is 70.7 Å². The molecule has 2 N–H and O–H groups in total. The second kappa shape index (κ2) is 6.99. The zero-order valence-corrected chi connectivity index (χ0v) is 13.2. The fraction of sp³-hybridized carbons (Fsp3) is 1.00. The number of morpholine rings is 1. The molecule has 0 aliphatic carbocycles. The lowest BCUT2D eigenvalue weighted by Crippen LogP contribution is -2.52. The van der Waals surface area contributed by atoms with Crippen molar-refractivity contribution < 1.29 is 13.2 Å². The molecule has 0 radical (unpaired) electrons. The van der Waals surface area contributed by atoms with Crippen molar-refractivity contribution in [1.82, 2.24) is 14.9 Å². The average molecular weight is 293 g/mol. The number of likely N-dealkylation sites (N-methyl/N-ethyl adjacent to an activating group) is 1. The van der Waals surface area contributed by atoms with Gasteiger partial charge >= 0.3 is 0 Å². The van der Waals surface area contributed by atoms with Gasteiger partial charge in [0.15, 0.2) is 0 Å². The fourth-order valence-corrected chi connectivity index (χ4v) is 3.35. The number of hydrogen-bond donors (Lipinski definition) is 2. The van der Waals surface area contributed by atoms with Crippen molar-refractivity contribution in [3.05, 3.63) is 0 Å². The van der Waals surface area contributed by atoms with E-state index in [4.69, 9.17) is 4.74 Å². The van der Waals surface area contributed by atoms with Gasteiger partial charge in [-0.05, 0) is 20.4 Å². The zero-order valence-electron chi connectivity index (χ0n) is 12.4. The first-order valence-corrected chi connectivity index (χ1v) is 8.64. The van der Waals surface area contributed by atoms with E-state index < -0.39 is 15.6 Å². The molecule has 1 fully saturated rings. The van der Waals surface area contributed by atoms with E-state index in [-0.39, 0.29) is 6.10 Å². The predicted octanol–water partition coefficient (Wildman–Crippen LogP) is -0.375. The molecule has 0 saturated carbocycles. The third-order valence-corrected chi connectivity index (χ3v) is 3.99. The van der Waals surface area contributed by atoms with Crippen LogP contribution in [0.2, 0.25) is 0 Å². The molecule has 1 atom stereocenters. The minimum absolute atomic E-state index is 0.183. The SMILES string of the molecule is CCN1CCOC(CNCC(C)(C)NS(C)(=O)=O)C1. The summed E-state index contributed by atoms with van der Waals surface area (Å²) < 4.78 is 30.7. The summed E-state index contributed by atoms with van der Waals surface area (Å²) in [5.74, 6) is 0. The van der Waals surface area contributed by atoms with Gasteiger partial charge in [0.25, 0.3) is 0 Å². The van der Waals surface area contributed by atoms with E-state index >= 15 is 0 Å². The molecule has 0 aromatic carbocycles. The molecule has 6 nitrogen and oxygen atoms in total. The number of hydrogen-bond acceptors (Lipinski definition) is 5. The summed E-state index contributed by atoms with van der Waals surface area (Å²) in [6, 6.07) is 0. The quantitative estimate of drug-likeness (QED) is 0.670. The van der Waals surface area contributed by atoms with E-state index in [0.29, 0.717) is 6.54 Å². The molecule has 0 aromatic heterocycles. The summed E-state index contributed by atoms with van der Waals surface area (Å²) in [5.41, 5.74) is -0.493. The smallest absolute Gasteiger partial charge is 0.209 e. The third-order valence-electron chi connectivity index (χ3n) is 3.07. The highest BCUT2D eigenvalue weighted by atomic mass is 32.2. The van der Waals surface area contributed by atoms with Crippen LogP contribution < -0.4 is 10.0 Å². The molecule has 19 heavy (non-hydrogen) atoms. The summed E-state index contributed by atoms with van der Waals surface area (Å²) in [6.45, 7) is 10.9. The van der Waals surface area contributed by atoms with Gasteiger partial charge in [0.05, 0.1) is 19.0 Å². The van der Waals surface area contributed by atoms with Gasteiger partial charge in [0.1, 0.15) is 0 Å². The van der Waals surface area contributed by atoms with Gasteiger partial charge in [-0.15, -0.1) is 0 Å². The van der Waals surface area contributed by atoms with Gasteiger partial charge in [-0.3, -0.25) is 4.90 Å². The molecule has 114 valence electrons. The van der Waals surface area contributed by atoms with Crippen molar-refractivity contribution in [2.45, 2.75) is 32.4 Å². The van der Waals surface area contributed by atoms with Gasteiger partial charge in [0, 0.05) is 31.7 Å². The molecule has 0 amide bonds. The van der Waals surface area contributed by atoms with Crippen LogP contribution in [0.4, 0.5) is 0 Å². The Kier molecular flexibility index (Phi) is 6.19. The largest absolute Gasteiger partial charge is 0.374 e. The molecule has 0 spiro atoms. The molecular formula is C12H27N3O3S. The van der Waals surface area contributed by atoms with Crippen molar-refractivity contribution >= 4 is 10.0 Å². The normalized spacial score (nSPS) is 22.6. The van der Waals surface area contributed by atoms with E-state index in [1.54, 1.807) is 0 Å². The minimum Gasteiger partial charge on any atom is -0.374 e. The highest BCUT2D eigenvalue weighted by Crippen LogP contribution is 2.05. The number of rotatable bonds is 7. The molecule has 0 bridgehead atoms. The van der Waals surface area contributed by atoms with E-state index in [1.807, 2.05) is 13.8 Å². The summed E-state index contributed by atoms with van der Waals surface area (Å²) in [6.07, 6.45) is 1.36. The van der Waals surface area contributed by atoms with Crippen LogP contribution in [0.15, 0.2) is 0 Å². The molecule has 1 heterocycles. The second-order valence-corrected chi connectivity index (χ2v) is 7.52. The van der Waals surface area contributed by atoms with Gasteiger partial charge < -0.3 is 10.1 Å². The number of nitrogens with zero attached hydrogens (tertiary/aromatic N) is 1. The monoisotopic (exact) mass is 293 g/mol. The number of ether oxygens (including phenoxy) is 1. The van der Waals surface area contributed by atoms with Crippen molar-refractivity contribution in [2.75, 3.05) is 45.6 Å². The Morgan fingerprint density at radius 2 is 2.11 bits per heavy atom. The van der Waals surface area contributed by atoms with E-state index in [0.717, 1.165) is 32.8 Å². The van der Waals surface area contributed by atoms with Crippen molar-refractivity contribution in [3.63, 3.8) is 0 Å². The first-order chi connectivity index (χ1) is 8.72. The second-order valence-electron chi connectivity index (χ2n) is 5.78. The Hall–Kier alpha value is -0.210. The van der Waals surface area contributed by atoms with Crippen LogP contribution in [0.25, 0.3) is 0 Å². The molecule has 1 saturated heterocycles. The van der Waals surface area contributed by atoms with Gasteiger partial charge in [-0.2, -0.15) is 0 Å². The van der Waals surface area contributed by atoms with Gasteiger partial charge in [0.2, 0.25) is 10.0 Å². The van der Waals surface area contributed by atoms with Crippen LogP contribution in [-0.4, -0.2) is 70.5 Å². The molecule has 1 aliphatic heterocycles. The molecule has 1 unspecified atom stereocenters. The lowest BCUT2D eigenvalue weighted by Gasteiger charge is -2.33. The van der Waals surface area contributed by atoms with Crippen molar-refractivity contribution in [2.24, 2.45) is 0 Å². The Balaban J connectivity index is 2.29.